The van der Waals surface area contributed by atoms with Gasteiger partial charge >= 0.3 is 24.0 Å². The van der Waals surface area contributed by atoms with E-state index >= 15 is 0 Å². The first-order chi connectivity index (χ1) is 36.8. The highest BCUT2D eigenvalue weighted by Gasteiger charge is 2.29. The molecule has 0 aromatic heterocycles. The lowest BCUT2D eigenvalue weighted by molar-refractivity contribution is -0.143. The van der Waals surface area contributed by atoms with E-state index in [1.165, 1.54) is 38.1 Å². The molecule has 2 unspecified atom stereocenters. The molecule has 4 rings (SSSR count). The SMILES string of the molecule is CC(=O)OCc1ccc(NC(=O)NC(=O)C(CC(=O)NCCOCCN2C(=O)C=CC2=O)NC(=O)CCCC(=O)NC(CC(=O)NCCOCCN2C(=O)C=CC2=O)C(=O)NC(=O)Nc2ccc(COC(C)=O)cc2)cc1. The highest BCUT2D eigenvalue weighted by molar-refractivity contribution is 6.13. The number of carbonyl (C=O) groups excluding carboxylic acids is 14. The van der Waals surface area contributed by atoms with Crippen LogP contribution in [0.4, 0.5) is 21.0 Å². The predicted octanol–water partition coefficient (Wildman–Crippen LogP) is -1.16. The fraction of sp³-hybridized carbons (Fsp3) is 0.388. The molecule has 0 fully saturated rings. The first kappa shape index (κ1) is 60.4. The summed E-state index contributed by atoms with van der Waals surface area (Å²) in [5.41, 5.74) is 1.66. The minimum absolute atomic E-state index is 0.0229. The maximum Gasteiger partial charge on any atom is 0.325 e. The van der Waals surface area contributed by atoms with Gasteiger partial charge in [-0.25, -0.2) is 9.59 Å². The molecule has 28 nitrogen and oxygen atoms in total. The van der Waals surface area contributed by atoms with Crippen molar-refractivity contribution in [2.45, 2.75) is 71.2 Å². The normalized spacial score (nSPS) is 13.3. The summed E-state index contributed by atoms with van der Waals surface area (Å²) in [5.74, 6) is -8.41. The molecule has 2 atom stereocenters. The summed E-state index contributed by atoms with van der Waals surface area (Å²) in [6.07, 6.45) is 2.01. The summed E-state index contributed by atoms with van der Waals surface area (Å²) >= 11 is 0. The summed E-state index contributed by atoms with van der Waals surface area (Å²) in [6, 6.07) is 6.72. The van der Waals surface area contributed by atoms with Crippen molar-refractivity contribution in [3.8, 4) is 0 Å². The molecule has 8 N–H and O–H groups in total. The third kappa shape index (κ3) is 22.9. The van der Waals surface area contributed by atoms with Gasteiger partial charge in [-0.1, -0.05) is 24.3 Å². The van der Waals surface area contributed by atoms with E-state index in [0.29, 0.717) is 11.1 Å². The Hall–Kier alpha value is -9.18. The molecule has 412 valence electrons. The molecule has 2 aliphatic heterocycles. The van der Waals surface area contributed by atoms with Crippen LogP contribution in [0.5, 0.6) is 0 Å². The maximum absolute atomic E-state index is 13.4. The van der Waals surface area contributed by atoms with Crippen LogP contribution in [0.25, 0.3) is 0 Å². The number of amides is 14. The van der Waals surface area contributed by atoms with Gasteiger partial charge in [0.25, 0.3) is 35.4 Å². The van der Waals surface area contributed by atoms with Crippen molar-refractivity contribution in [3.05, 3.63) is 84.0 Å². The van der Waals surface area contributed by atoms with Crippen molar-refractivity contribution in [2.75, 3.05) is 63.2 Å². The number of rotatable bonds is 30. The minimum atomic E-state index is -1.65. The van der Waals surface area contributed by atoms with Gasteiger partial charge in [-0.3, -0.25) is 78.0 Å². The van der Waals surface area contributed by atoms with Crippen molar-refractivity contribution in [1.29, 1.82) is 0 Å². The number of urea groups is 2. The van der Waals surface area contributed by atoms with E-state index in [0.717, 1.165) is 34.1 Å². The third-order valence-electron chi connectivity index (χ3n) is 10.5. The van der Waals surface area contributed by atoms with Crippen LogP contribution >= 0.6 is 0 Å². The molecular formula is C49H58N10O18. The van der Waals surface area contributed by atoms with E-state index in [9.17, 15) is 67.1 Å². The number of esters is 2. The van der Waals surface area contributed by atoms with Crippen LogP contribution in [0, 0.1) is 0 Å². The van der Waals surface area contributed by atoms with E-state index < -0.39 is 121 Å². The van der Waals surface area contributed by atoms with Gasteiger partial charge in [0.1, 0.15) is 25.3 Å². The number of hydrogen-bond donors (Lipinski definition) is 8. The average Bonchev–Trinajstić information content (AvgIpc) is 3.88. The smallest absolute Gasteiger partial charge is 0.325 e. The number of anilines is 2. The maximum atomic E-state index is 13.4. The molecular weight excluding hydrogens is 1020 g/mol. The van der Waals surface area contributed by atoms with Crippen molar-refractivity contribution < 1.29 is 86.1 Å². The summed E-state index contributed by atoms with van der Waals surface area (Å²) in [6.45, 7) is 1.97. The molecule has 0 saturated carbocycles. The number of benzene rings is 2. The fourth-order valence-electron chi connectivity index (χ4n) is 6.68. The predicted molar refractivity (Wildman–Crippen MR) is 264 cm³/mol. The van der Waals surface area contributed by atoms with Crippen molar-refractivity contribution in [3.63, 3.8) is 0 Å². The van der Waals surface area contributed by atoms with Crippen molar-refractivity contribution in [2.24, 2.45) is 0 Å². The molecule has 0 saturated heterocycles. The summed E-state index contributed by atoms with van der Waals surface area (Å²) in [4.78, 5) is 176. The number of carbonyl (C=O) groups is 14. The molecule has 2 aromatic rings. The van der Waals surface area contributed by atoms with Gasteiger partial charge in [0.15, 0.2) is 0 Å². The average molecular weight is 1080 g/mol. The molecule has 77 heavy (non-hydrogen) atoms. The van der Waals surface area contributed by atoms with E-state index in [2.05, 4.69) is 42.5 Å². The zero-order valence-corrected chi connectivity index (χ0v) is 41.9. The lowest BCUT2D eigenvalue weighted by Gasteiger charge is -2.19. The summed E-state index contributed by atoms with van der Waals surface area (Å²) in [7, 11) is 0. The second-order valence-corrected chi connectivity index (χ2v) is 16.6. The number of ether oxygens (including phenoxy) is 4. The van der Waals surface area contributed by atoms with Crippen LogP contribution in [0.2, 0.25) is 0 Å². The monoisotopic (exact) mass is 1070 g/mol. The number of nitrogens with zero attached hydrogens (tertiary/aromatic N) is 2. The highest BCUT2D eigenvalue weighted by atomic mass is 16.5. The van der Waals surface area contributed by atoms with E-state index in [4.69, 9.17) is 18.9 Å². The zero-order valence-electron chi connectivity index (χ0n) is 41.9. The van der Waals surface area contributed by atoms with E-state index in [-0.39, 0.29) is 83.6 Å². The molecule has 2 aromatic carbocycles. The van der Waals surface area contributed by atoms with Crippen LogP contribution in [0.15, 0.2) is 72.8 Å². The number of hydrogen-bond acceptors (Lipinski definition) is 18. The van der Waals surface area contributed by atoms with Crippen molar-refractivity contribution in [1.82, 2.24) is 41.7 Å². The Bertz CT molecular complexity index is 2390. The van der Waals surface area contributed by atoms with Gasteiger partial charge in [0.05, 0.1) is 52.4 Å². The minimum Gasteiger partial charge on any atom is -0.461 e. The third-order valence-corrected chi connectivity index (χ3v) is 10.5. The fourth-order valence-corrected chi connectivity index (χ4v) is 6.68. The van der Waals surface area contributed by atoms with Gasteiger partial charge in [0.2, 0.25) is 23.6 Å². The molecule has 0 bridgehead atoms. The summed E-state index contributed by atoms with van der Waals surface area (Å²) in [5, 5.41) is 18.7. The molecule has 28 heteroatoms. The first-order valence-corrected chi connectivity index (χ1v) is 23.8. The zero-order chi connectivity index (χ0) is 56.3. The van der Waals surface area contributed by atoms with Crippen LogP contribution in [-0.2, 0) is 89.7 Å². The van der Waals surface area contributed by atoms with Gasteiger partial charge in [-0.15, -0.1) is 0 Å². The topological polar surface area (TPSA) is 379 Å². The Morgan fingerprint density at radius 3 is 1.17 bits per heavy atom. The van der Waals surface area contributed by atoms with Crippen LogP contribution < -0.4 is 42.5 Å². The molecule has 14 amide bonds. The largest absolute Gasteiger partial charge is 0.461 e. The second kappa shape index (κ2) is 31.5. The standard InChI is InChI=1S/C49H58N10O18/c1-30(60)76-28-32-6-10-34(11-7-32)52-48(72)56-46(70)36(26-40(64)50-18-22-74-24-20-58-42(66)14-15-43(58)67)54-38(62)4-3-5-39(63)55-37(27-41(65)51-19-23-75-25-21-59-44(68)16-17-45(59)69)47(71)57-49(73)53-35-12-8-33(9-13-35)29-77-31(2)61/h6-17,36-37H,3-5,18-29H2,1-2H3,(H,50,64)(H,51,65)(H,54,62)(H,55,63)(H2,52,56,70,72)(H2,53,57,71,73). The van der Waals surface area contributed by atoms with Crippen LogP contribution in [0.1, 0.15) is 57.1 Å². The highest BCUT2D eigenvalue weighted by Crippen LogP contribution is 2.13. The van der Waals surface area contributed by atoms with Gasteiger partial charge in [-0.05, 0) is 41.8 Å². The Kier molecular flexibility index (Phi) is 24.7. The Morgan fingerprint density at radius 2 is 0.831 bits per heavy atom. The summed E-state index contributed by atoms with van der Waals surface area (Å²) < 4.78 is 20.6. The van der Waals surface area contributed by atoms with Gasteiger partial charge in [0, 0.05) is 75.5 Å². The second-order valence-electron chi connectivity index (χ2n) is 16.6. The Balaban J connectivity index is 1.32. The molecule has 0 spiro atoms. The molecule has 0 aliphatic carbocycles. The van der Waals surface area contributed by atoms with Gasteiger partial charge in [-0.2, -0.15) is 0 Å². The van der Waals surface area contributed by atoms with E-state index in [1.807, 2.05) is 0 Å². The van der Waals surface area contributed by atoms with Crippen LogP contribution in [0.3, 0.4) is 0 Å². The van der Waals surface area contributed by atoms with E-state index in [1.54, 1.807) is 24.3 Å². The van der Waals surface area contributed by atoms with Crippen molar-refractivity contribution >= 4 is 94.4 Å². The molecule has 2 heterocycles. The number of nitrogens with one attached hydrogen (secondary N) is 8. The molecule has 2 aliphatic rings. The Morgan fingerprint density at radius 1 is 0.481 bits per heavy atom. The Labute approximate surface area is 439 Å². The lowest BCUT2D eigenvalue weighted by Crippen LogP contribution is -2.51. The quantitative estimate of drug-likeness (QED) is 0.0260. The first-order valence-electron chi connectivity index (χ1n) is 23.8. The number of imide groups is 4. The van der Waals surface area contributed by atoms with Crippen LogP contribution in [-0.4, -0.2) is 158 Å². The lowest BCUT2D eigenvalue weighted by atomic mass is 10.1. The molecule has 0 radical (unpaired) electrons. The van der Waals surface area contributed by atoms with Gasteiger partial charge < -0.3 is 50.8 Å².